The molecule has 2 atom stereocenters. The van der Waals surface area contributed by atoms with Gasteiger partial charge in [0.15, 0.2) is 0 Å². The second-order valence-corrected chi connectivity index (χ2v) is 3.52. The molecular weight excluding hydrogens is 244 g/mol. The van der Waals surface area contributed by atoms with E-state index in [9.17, 15) is 9.13 Å². The van der Waals surface area contributed by atoms with Crippen molar-refractivity contribution in [3.63, 3.8) is 0 Å². The third kappa shape index (κ3) is 16.2. The molecule has 0 saturated heterocycles. The highest BCUT2D eigenvalue weighted by molar-refractivity contribution is 7.32. The van der Waals surface area contributed by atoms with E-state index in [1.807, 2.05) is 0 Å². The summed E-state index contributed by atoms with van der Waals surface area (Å²) in [6, 6.07) is 1.23. The molecule has 0 saturated carbocycles. The molecule has 0 fully saturated rings. The maximum atomic E-state index is 9.87. The van der Waals surface area contributed by atoms with E-state index in [-0.39, 0.29) is 0 Å². The number of unbranched alkanes of at least 4 members (excludes halogenated alkanes) is 1. The Bertz CT molecular complexity index is 222. The Morgan fingerprint density at radius 1 is 1.20 bits per heavy atom. The predicted molar refractivity (Wildman–Crippen MR) is 51.8 cm³/mol. The SMILES string of the molecule is CCCC.N#CC(O[P+](=O)O)O[P+](=O)O. The van der Waals surface area contributed by atoms with Crippen LogP contribution in [-0.4, -0.2) is 16.1 Å². The predicted octanol–water partition coefficient (Wildman–Crippen LogP) is 1.98. The Morgan fingerprint density at radius 2 is 1.53 bits per heavy atom. The van der Waals surface area contributed by atoms with Gasteiger partial charge in [0.1, 0.15) is 6.07 Å². The molecule has 0 aromatic heterocycles. The first kappa shape index (κ1) is 16.9. The summed E-state index contributed by atoms with van der Waals surface area (Å²) in [6.45, 7) is 4.36. The first-order valence-electron chi connectivity index (χ1n) is 4.03. The molecule has 7 nitrogen and oxygen atoms in total. The van der Waals surface area contributed by atoms with Crippen molar-refractivity contribution in [1.82, 2.24) is 0 Å². The van der Waals surface area contributed by atoms with E-state index in [0.29, 0.717) is 0 Å². The second kappa shape index (κ2) is 11.6. The first-order valence-corrected chi connectivity index (χ1v) is 6.29. The van der Waals surface area contributed by atoms with Gasteiger partial charge in [-0.3, -0.25) is 0 Å². The molecule has 0 aliphatic heterocycles. The van der Waals surface area contributed by atoms with Gasteiger partial charge in [0, 0.05) is 9.13 Å². The van der Waals surface area contributed by atoms with Crippen LogP contribution in [-0.2, 0) is 18.2 Å². The topological polar surface area (TPSA) is 117 Å². The van der Waals surface area contributed by atoms with Crippen molar-refractivity contribution < 1.29 is 28.0 Å². The van der Waals surface area contributed by atoms with Crippen molar-refractivity contribution in [3.8, 4) is 6.07 Å². The molecule has 0 rings (SSSR count). The van der Waals surface area contributed by atoms with Crippen LogP contribution in [0.3, 0.4) is 0 Å². The molecule has 15 heavy (non-hydrogen) atoms. The molecule has 0 amide bonds. The summed E-state index contributed by atoms with van der Waals surface area (Å²) in [5.41, 5.74) is 0. The van der Waals surface area contributed by atoms with Crippen LogP contribution in [0.4, 0.5) is 0 Å². The molecule has 0 radical (unpaired) electrons. The van der Waals surface area contributed by atoms with Gasteiger partial charge in [0.2, 0.25) is 0 Å². The second-order valence-electron chi connectivity index (χ2n) is 2.15. The molecule has 9 heteroatoms. The minimum absolute atomic E-state index is 1.23. The van der Waals surface area contributed by atoms with E-state index in [2.05, 4.69) is 22.9 Å². The lowest BCUT2D eigenvalue weighted by molar-refractivity contribution is 0.0486. The summed E-state index contributed by atoms with van der Waals surface area (Å²) < 4.78 is 27.4. The van der Waals surface area contributed by atoms with Crippen molar-refractivity contribution >= 4 is 16.5 Å². The van der Waals surface area contributed by atoms with Gasteiger partial charge in [-0.1, -0.05) is 35.7 Å². The Hall–Kier alpha value is -0.470. The van der Waals surface area contributed by atoms with Crippen molar-refractivity contribution in [2.45, 2.75) is 33.0 Å². The molecule has 0 spiro atoms. The fraction of sp³-hybridized carbons (Fsp3) is 0.833. The zero-order valence-corrected chi connectivity index (χ0v) is 10.1. The Labute approximate surface area is 89.5 Å². The molecule has 2 unspecified atom stereocenters. The van der Waals surface area contributed by atoms with E-state index in [1.165, 1.54) is 18.9 Å². The lowest BCUT2D eigenvalue weighted by Gasteiger charge is -1.86. The third-order valence-corrected chi connectivity index (χ3v) is 1.72. The Kier molecular flexibility index (Phi) is 13.1. The zero-order chi connectivity index (χ0) is 12.3. The van der Waals surface area contributed by atoms with Crippen LogP contribution in [0.2, 0.25) is 0 Å². The van der Waals surface area contributed by atoms with Gasteiger partial charge in [0.25, 0.3) is 0 Å². The average Bonchev–Trinajstić information content (AvgIpc) is 2.15. The van der Waals surface area contributed by atoms with Gasteiger partial charge in [-0.05, 0) is 0 Å². The van der Waals surface area contributed by atoms with Gasteiger partial charge in [-0.25, -0.2) is 0 Å². The molecule has 0 aromatic rings. The Balaban J connectivity index is 0. The smallest absolute Gasteiger partial charge is 0.192 e. The highest BCUT2D eigenvalue weighted by Gasteiger charge is 2.32. The first-order chi connectivity index (χ1) is 6.97. The normalized spacial score (nSPS) is 13.0. The quantitative estimate of drug-likeness (QED) is 0.571. The summed E-state index contributed by atoms with van der Waals surface area (Å²) in [5, 5.41) is 8.04. The number of nitriles is 1. The number of hydrogen-bond acceptors (Lipinski definition) is 5. The monoisotopic (exact) mass is 257 g/mol. The van der Waals surface area contributed by atoms with Crippen LogP contribution >= 0.6 is 16.5 Å². The lowest BCUT2D eigenvalue weighted by atomic mass is 10.4. The van der Waals surface area contributed by atoms with Crippen molar-refractivity contribution in [3.05, 3.63) is 0 Å². The van der Waals surface area contributed by atoms with Gasteiger partial charge in [-0.2, -0.15) is 5.26 Å². The lowest BCUT2D eigenvalue weighted by Crippen LogP contribution is -2.06. The highest BCUT2D eigenvalue weighted by Crippen LogP contribution is 2.25. The molecule has 0 heterocycles. The van der Waals surface area contributed by atoms with Crippen LogP contribution in [0.15, 0.2) is 0 Å². The Morgan fingerprint density at radius 3 is 1.67 bits per heavy atom. The molecule has 2 N–H and O–H groups in total. The summed E-state index contributed by atoms with van der Waals surface area (Å²) in [5.74, 6) is 0. The van der Waals surface area contributed by atoms with E-state index in [0.717, 1.165) is 0 Å². The van der Waals surface area contributed by atoms with Gasteiger partial charge in [-0.15, -0.1) is 9.79 Å². The van der Waals surface area contributed by atoms with Crippen LogP contribution in [0.25, 0.3) is 0 Å². The minimum Gasteiger partial charge on any atom is -0.192 e. The zero-order valence-electron chi connectivity index (χ0n) is 8.36. The number of nitrogens with zero attached hydrogens (tertiary/aromatic N) is 1. The summed E-state index contributed by atoms with van der Waals surface area (Å²) >= 11 is 0. The van der Waals surface area contributed by atoms with E-state index in [4.69, 9.17) is 15.0 Å². The summed E-state index contributed by atoms with van der Waals surface area (Å²) in [7, 11) is -6.03. The summed E-state index contributed by atoms with van der Waals surface area (Å²) in [4.78, 5) is 16.1. The van der Waals surface area contributed by atoms with Crippen LogP contribution in [0.1, 0.15) is 26.7 Å². The third-order valence-electron chi connectivity index (χ3n) is 0.977. The van der Waals surface area contributed by atoms with Gasteiger partial charge < -0.3 is 0 Å². The van der Waals surface area contributed by atoms with Gasteiger partial charge in [0.05, 0.1) is 0 Å². The van der Waals surface area contributed by atoms with Crippen molar-refractivity contribution in [2.75, 3.05) is 0 Å². The molecule has 0 bridgehead atoms. The van der Waals surface area contributed by atoms with Crippen molar-refractivity contribution in [1.29, 1.82) is 5.26 Å². The number of rotatable bonds is 5. The van der Waals surface area contributed by atoms with Crippen LogP contribution in [0, 0.1) is 11.3 Å². The van der Waals surface area contributed by atoms with Crippen molar-refractivity contribution in [2.24, 2.45) is 0 Å². The molecule has 86 valence electrons. The summed E-state index contributed by atoms with van der Waals surface area (Å²) in [6.07, 6.45) is 0.845. The van der Waals surface area contributed by atoms with Gasteiger partial charge >= 0.3 is 22.8 Å². The molecule has 0 aliphatic carbocycles. The molecule has 0 aromatic carbocycles. The average molecular weight is 257 g/mol. The molecular formula is C6H13NO6P2+2. The highest BCUT2D eigenvalue weighted by atomic mass is 31.1. The molecule has 0 aliphatic rings. The fourth-order valence-electron chi connectivity index (χ4n) is 0.230. The largest absolute Gasteiger partial charge is 0.698 e. The maximum absolute atomic E-state index is 9.87. The van der Waals surface area contributed by atoms with Crippen LogP contribution < -0.4 is 0 Å². The van der Waals surface area contributed by atoms with E-state index >= 15 is 0 Å². The number of hydrogen-bond donors (Lipinski definition) is 2. The van der Waals surface area contributed by atoms with E-state index in [1.54, 1.807) is 0 Å². The standard InChI is InChI=1S/C4H10.C2HNO6P2/c1-3-4-2;3-1-2(8-10(4)5)9-11(6)7/h3-4H2,1-2H3;2H/p+2. The minimum atomic E-state index is -3.01. The van der Waals surface area contributed by atoms with E-state index < -0.39 is 22.8 Å². The fourth-order valence-corrected chi connectivity index (χ4v) is 0.806. The maximum Gasteiger partial charge on any atom is 0.698 e. The van der Waals surface area contributed by atoms with Crippen LogP contribution in [0.5, 0.6) is 0 Å².